The second-order valence-electron chi connectivity index (χ2n) is 5.95. The first-order valence-corrected chi connectivity index (χ1v) is 7.63. The summed E-state index contributed by atoms with van der Waals surface area (Å²) in [5, 5.41) is 4.60. The number of fused-ring (bicyclic) bond motifs is 1. The molecule has 2 aromatic rings. The number of nitrogens with zero attached hydrogens (tertiary/aromatic N) is 2. The summed E-state index contributed by atoms with van der Waals surface area (Å²) >= 11 is 0. The number of para-hydroxylation sites is 1. The molecule has 1 aromatic carbocycles. The zero-order chi connectivity index (χ0) is 15.4. The van der Waals surface area contributed by atoms with Gasteiger partial charge < -0.3 is 11.1 Å². The standard InChI is InChI=1S/C17H26N4/c1-12(2)21(13(3)4)11-10-19-16-8-9-20-17-14(16)6-5-7-15(17)18/h5-9,12-13H,10-11,18H2,1-4H3,(H,19,20). The molecule has 0 radical (unpaired) electrons. The van der Waals surface area contributed by atoms with Gasteiger partial charge in [0.05, 0.1) is 11.2 Å². The summed E-state index contributed by atoms with van der Waals surface area (Å²) < 4.78 is 0. The molecule has 0 aliphatic heterocycles. The van der Waals surface area contributed by atoms with Crippen LogP contribution in [-0.4, -0.2) is 35.1 Å². The van der Waals surface area contributed by atoms with Crippen molar-refractivity contribution in [2.75, 3.05) is 24.1 Å². The van der Waals surface area contributed by atoms with Gasteiger partial charge in [-0.25, -0.2) is 0 Å². The SMILES string of the molecule is CC(C)N(CCNc1ccnc2c(N)cccc12)C(C)C. The molecular weight excluding hydrogens is 260 g/mol. The minimum atomic E-state index is 0.552. The number of nitrogens with one attached hydrogen (secondary N) is 1. The van der Waals surface area contributed by atoms with Crippen LogP contribution in [0.2, 0.25) is 0 Å². The molecule has 0 unspecified atom stereocenters. The summed E-state index contributed by atoms with van der Waals surface area (Å²) in [6, 6.07) is 9.03. The number of aromatic nitrogens is 1. The van der Waals surface area contributed by atoms with Crippen LogP contribution < -0.4 is 11.1 Å². The third-order valence-electron chi connectivity index (χ3n) is 3.81. The molecule has 114 valence electrons. The van der Waals surface area contributed by atoms with Gasteiger partial charge in [-0.15, -0.1) is 0 Å². The monoisotopic (exact) mass is 286 g/mol. The highest BCUT2D eigenvalue weighted by Gasteiger charge is 2.12. The largest absolute Gasteiger partial charge is 0.397 e. The molecule has 21 heavy (non-hydrogen) atoms. The first-order valence-electron chi connectivity index (χ1n) is 7.63. The van der Waals surface area contributed by atoms with Gasteiger partial charge in [0, 0.05) is 42.4 Å². The quantitative estimate of drug-likeness (QED) is 0.800. The summed E-state index contributed by atoms with van der Waals surface area (Å²) in [6.07, 6.45) is 1.81. The molecule has 0 atom stereocenters. The maximum Gasteiger partial charge on any atom is 0.0951 e. The van der Waals surface area contributed by atoms with E-state index in [4.69, 9.17) is 5.73 Å². The van der Waals surface area contributed by atoms with E-state index in [1.54, 1.807) is 0 Å². The van der Waals surface area contributed by atoms with Gasteiger partial charge in [-0.1, -0.05) is 12.1 Å². The van der Waals surface area contributed by atoms with Gasteiger partial charge in [0.2, 0.25) is 0 Å². The number of nitrogens with two attached hydrogens (primary N) is 1. The van der Waals surface area contributed by atoms with Crippen molar-refractivity contribution in [2.45, 2.75) is 39.8 Å². The van der Waals surface area contributed by atoms with Crippen LogP contribution in [0.1, 0.15) is 27.7 Å². The number of pyridine rings is 1. The summed E-state index contributed by atoms with van der Waals surface area (Å²) in [5.74, 6) is 0. The Morgan fingerprint density at radius 3 is 2.52 bits per heavy atom. The summed E-state index contributed by atoms with van der Waals surface area (Å²) in [7, 11) is 0. The fraction of sp³-hybridized carbons (Fsp3) is 0.471. The molecule has 3 N–H and O–H groups in total. The van der Waals surface area contributed by atoms with E-state index >= 15 is 0 Å². The molecule has 0 amide bonds. The van der Waals surface area contributed by atoms with Gasteiger partial charge in [-0.3, -0.25) is 9.88 Å². The molecule has 4 heteroatoms. The lowest BCUT2D eigenvalue weighted by molar-refractivity contribution is 0.182. The van der Waals surface area contributed by atoms with Crippen LogP contribution in [-0.2, 0) is 0 Å². The molecule has 0 saturated heterocycles. The highest BCUT2D eigenvalue weighted by Crippen LogP contribution is 2.25. The maximum absolute atomic E-state index is 5.98. The van der Waals surface area contributed by atoms with Crippen molar-refractivity contribution in [2.24, 2.45) is 0 Å². The summed E-state index contributed by atoms with van der Waals surface area (Å²) in [6.45, 7) is 10.9. The van der Waals surface area contributed by atoms with Gasteiger partial charge in [0.25, 0.3) is 0 Å². The van der Waals surface area contributed by atoms with Gasteiger partial charge in [0.1, 0.15) is 0 Å². The summed E-state index contributed by atoms with van der Waals surface area (Å²) in [5.41, 5.74) is 8.67. The Morgan fingerprint density at radius 1 is 1.14 bits per heavy atom. The normalized spacial score (nSPS) is 11.8. The lowest BCUT2D eigenvalue weighted by Crippen LogP contribution is -2.40. The van der Waals surface area contributed by atoms with Crippen molar-refractivity contribution in [3.05, 3.63) is 30.5 Å². The molecule has 4 nitrogen and oxygen atoms in total. The Kier molecular flexibility index (Phi) is 5.02. The van der Waals surface area contributed by atoms with E-state index in [9.17, 15) is 0 Å². The zero-order valence-corrected chi connectivity index (χ0v) is 13.4. The first-order chi connectivity index (χ1) is 10.0. The molecule has 1 heterocycles. The van der Waals surface area contributed by atoms with Crippen molar-refractivity contribution in [3.63, 3.8) is 0 Å². The Balaban J connectivity index is 2.09. The number of anilines is 2. The van der Waals surface area contributed by atoms with E-state index in [1.807, 2.05) is 24.4 Å². The van der Waals surface area contributed by atoms with Gasteiger partial charge in [-0.2, -0.15) is 0 Å². The van der Waals surface area contributed by atoms with E-state index in [2.05, 4.69) is 49.0 Å². The molecule has 2 rings (SSSR count). The molecule has 0 aliphatic rings. The van der Waals surface area contributed by atoms with Crippen molar-refractivity contribution in [1.29, 1.82) is 0 Å². The van der Waals surface area contributed by atoms with Crippen LogP contribution in [0.15, 0.2) is 30.5 Å². The van der Waals surface area contributed by atoms with Crippen molar-refractivity contribution < 1.29 is 0 Å². The zero-order valence-electron chi connectivity index (χ0n) is 13.4. The Labute approximate surface area is 127 Å². The average Bonchev–Trinajstić information content (AvgIpc) is 2.43. The number of hydrogen-bond donors (Lipinski definition) is 2. The second-order valence-corrected chi connectivity index (χ2v) is 5.95. The Bertz CT molecular complexity index is 584. The van der Waals surface area contributed by atoms with Crippen LogP contribution >= 0.6 is 0 Å². The lowest BCUT2D eigenvalue weighted by atomic mass is 10.1. The lowest BCUT2D eigenvalue weighted by Gasteiger charge is -2.30. The number of hydrogen-bond acceptors (Lipinski definition) is 4. The third kappa shape index (κ3) is 3.64. The highest BCUT2D eigenvalue weighted by molar-refractivity contribution is 5.97. The molecule has 0 fully saturated rings. The minimum Gasteiger partial charge on any atom is -0.397 e. The molecule has 0 saturated carbocycles. The van der Waals surface area contributed by atoms with Crippen LogP contribution in [0.3, 0.4) is 0 Å². The number of nitrogen functional groups attached to an aromatic ring is 1. The molecule has 0 spiro atoms. The van der Waals surface area contributed by atoms with Crippen molar-refractivity contribution >= 4 is 22.3 Å². The van der Waals surface area contributed by atoms with Crippen LogP contribution in [0, 0.1) is 0 Å². The maximum atomic E-state index is 5.98. The molecule has 1 aromatic heterocycles. The fourth-order valence-electron chi connectivity index (χ4n) is 2.79. The topological polar surface area (TPSA) is 54.2 Å². The fourth-order valence-corrected chi connectivity index (χ4v) is 2.79. The third-order valence-corrected chi connectivity index (χ3v) is 3.81. The van der Waals surface area contributed by atoms with Gasteiger partial charge in [0.15, 0.2) is 0 Å². The number of benzene rings is 1. The van der Waals surface area contributed by atoms with Crippen molar-refractivity contribution in [1.82, 2.24) is 9.88 Å². The minimum absolute atomic E-state index is 0.552. The van der Waals surface area contributed by atoms with E-state index in [1.165, 1.54) is 0 Å². The van der Waals surface area contributed by atoms with E-state index in [0.29, 0.717) is 12.1 Å². The Hall–Kier alpha value is -1.81. The predicted molar refractivity (Wildman–Crippen MR) is 91.6 cm³/mol. The van der Waals surface area contributed by atoms with Crippen LogP contribution in [0.4, 0.5) is 11.4 Å². The van der Waals surface area contributed by atoms with E-state index < -0.39 is 0 Å². The smallest absolute Gasteiger partial charge is 0.0951 e. The number of rotatable bonds is 6. The highest BCUT2D eigenvalue weighted by atomic mass is 15.2. The first kappa shape index (κ1) is 15.6. The van der Waals surface area contributed by atoms with Gasteiger partial charge >= 0.3 is 0 Å². The molecule has 0 aliphatic carbocycles. The molecular formula is C17H26N4. The van der Waals surface area contributed by atoms with Crippen LogP contribution in [0.25, 0.3) is 10.9 Å². The van der Waals surface area contributed by atoms with E-state index in [-0.39, 0.29) is 0 Å². The Morgan fingerprint density at radius 2 is 1.86 bits per heavy atom. The summed E-state index contributed by atoms with van der Waals surface area (Å²) in [4.78, 5) is 6.84. The molecule has 0 bridgehead atoms. The van der Waals surface area contributed by atoms with Crippen LogP contribution in [0.5, 0.6) is 0 Å². The predicted octanol–water partition coefficient (Wildman–Crippen LogP) is 3.35. The second kappa shape index (κ2) is 6.76. The van der Waals surface area contributed by atoms with Gasteiger partial charge in [-0.05, 0) is 39.8 Å². The van der Waals surface area contributed by atoms with Crippen molar-refractivity contribution in [3.8, 4) is 0 Å². The van der Waals surface area contributed by atoms with E-state index in [0.717, 1.165) is 35.4 Å². The average molecular weight is 286 g/mol.